The Hall–Kier alpha value is -3.39. The maximum absolute atomic E-state index is 14.8. The van der Waals surface area contributed by atoms with E-state index in [-0.39, 0.29) is 30.2 Å². The number of likely N-dealkylation sites (tertiary alicyclic amines) is 1. The van der Waals surface area contributed by atoms with Gasteiger partial charge in [0.15, 0.2) is 11.5 Å². The number of aliphatic hydroxyl groups is 1. The number of nitrogens with zero attached hydrogens (tertiary/aromatic N) is 2. The second kappa shape index (κ2) is 9.62. The highest BCUT2D eigenvalue weighted by molar-refractivity contribution is 6.46. The zero-order valence-electron chi connectivity index (χ0n) is 18.7. The van der Waals surface area contributed by atoms with E-state index in [2.05, 4.69) is 18.7 Å². The average molecular weight is 454 g/mol. The van der Waals surface area contributed by atoms with E-state index in [4.69, 9.17) is 9.47 Å². The minimum Gasteiger partial charge on any atom is -0.507 e. The van der Waals surface area contributed by atoms with Crippen molar-refractivity contribution in [2.75, 3.05) is 33.0 Å². The number of fused-ring (bicyclic) bond motifs is 1. The van der Waals surface area contributed by atoms with Crippen LogP contribution in [0.1, 0.15) is 37.4 Å². The van der Waals surface area contributed by atoms with Crippen LogP contribution in [0.2, 0.25) is 0 Å². The van der Waals surface area contributed by atoms with Crippen molar-refractivity contribution in [2.24, 2.45) is 0 Å². The molecule has 2 heterocycles. The Labute approximate surface area is 192 Å². The Kier molecular flexibility index (Phi) is 6.65. The Bertz CT molecular complexity index is 1100. The molecule has 1 unspecified atom stereocenters. The Morgan fingerprint density at radius 2 is 1.85 bits per heavy atom. The minimum atomic E-state index is -1.02. The van der Waals surface area contributed by atoms with Gasteiger partial charge in [0, 0.05) is 17.7 Å². The molecule has 0 aliphatic carbocycles. The number of Topliss-reactive ketones (excluding diaryl/α,β-unsaturated/α-hetero) is 1. The standard InChI is InChI=1S/C25H27FN2O5/c1-3-27(4-2)12-7-13-28-22(17-8-5-6-9-18(17)26)21(24(30)25(28)31)23(29)16-10-11-19-20(14-16)33-15-32-19/h5-6,8-11,14,22,29H,3-4,7,12-13,15H2,1-2H3. The lowest BCUT2D eigenvalue weighted by Crippen LogP contribution is -2.33. The Morgan fingerprint density at radius 3 is 2.58 bits per heavy atom. The third kappa shape index (κ3) is 4.30. The Morgan fingerprint density at radius 1 is 1.12 bits per heavy atom. The van der Waals surface area contributed by atoms with E-state index < -0.39 is 23.5 Å². The van der Waals surface area contributed by atoms with E-state index in [1.807, 2.05) is 0 Å². The number of benzene rings is 2. The van der Waals surface area contributed by atoms with E-state index in [1.165, 1.54) is 17.0 Å². The van der Waals surface area contributed by atoms with E-state index in [1.54, 1.807) is 30.3 Å². The average Bonchev–Trinajstić information content (AvgIpc) is 3.39. The van der Waals surface area contributed by atoms with Crippen LogP contribution < -0.4 is 9.47 Å². The summed E-state index contributed by atoms with van der Waals surface area (Å²) in [5.74, 6) is -1.55. The normalized spacial score (nSPS) is 19.0. The number of carbonyl (C=O) groups is 2. The molecule has 1 fully saturated rings. The molecule has 2 aromatic carbocycles. The minimum absolute atomic E-state index is 0.0612. The van der Waals surface area contributed by atoms with Gasteiger partial charge in [-0.05, 0) is 50.3 Å². The van der Waals surface area contributed by atoms with E-state index in [0.717, 1.165) is 19.6 Å². The van der Waals surface area contributed by atoms with Crippen LogP contribution in [0.25, 0.3) is 5.76 Å². The van der Waals surface area contributed by atoms with Crippen LogP contribution in [-0.4, -0.2) is 59.6 Å². The molecule has 7 nitrogen and oxygen atoms in total. The van der Waals surface area contributed by atoms with Crippen LogP contribution in [0.5, 0.6) is 11.5 Å². The lowest BCUT2D eigenvalue weighted by atomic mass is 9.94. The molecule has 1 saturated heterocycles. The van der Waals surface area contributed by atoms with Crippen LogP contribution in [0.4, 0.5) is 4.39 Å². The van der Waals surface area contributed by atoms with E-state index in [0.29, 0.717) is 23.5 Å². The molecule has 1 amide bonds. The summed E-state index contributed by atoms with van der Waals surface area (Å²) in [6.45, 7) is 6.92. The first-order chi connectivity index (χ1) is 16.0. The third-order valence-corrected chi connectivity index (χ3v) is 6.15. The molecule has 1 atom stereocenters. The predicted octanol–water partition coefficient (Wildman–Crippen LogP) is 3.71. The summed E-state index contributed by atoms with van der Waals surface area (Å²) in [5.41, 5.74) is 0.329. The zero-order chi connectivity index (χ0) is 23.5. The molecule has 0 bridgehead atoms. The van der Waals surface area contributed by atoms with Crippen LogP contribution in [0, 0.1) is 5.82 Å². The number of hydrogen-bond donors (Lipinski definition) is 1. The first kappa shape index (κ1) is 22.8. The SMILES string of the molecule is CCN(CC)CCCN1C(=O)C(=O)C(=C(O)c2ccc3c(c2)OCO3)C1c1ccccc1F. The summed E-state index contributed by atoms with van der Waals surface area (Å²) in [4.78, 5) is 29.6. The van der Waals surface area contributed by atoms with Crippen LogP contribution in [0.15, 0.2) is 48.0 Å². The van der Waals surface area contributed by atoms with Gasteiger partial charge in [-0.2, -0.15) is 0 Å². The number of hydrogen-bond acceptors (Lipinski definition) is 6. The van der Waals surface area contributed by atoms with Crippen molar-refractivity contribution in [3.05, 3.63) is 65.0 Å². The van der Waals surface area contributed by atoms with Gasteiger partial charge < -0.3 is 24.4 Å². The number of halogens is 1. The number of aliphatic hydroxyl groups excluding tert-OH is 1. The van der Waals surface area contributed by atoms with Crippen molar-refractivity contribution in [1.29, 1.82) is 0 Å². The largest absolute Gasteiger partial charge is 0.507 e. The molecule has 1 N–H and O–H groups in total. The third-order valence-electron chi connectivity index (χ3n) is 6.15. The quantitative estimate of drug-likeness (QED) is 0.372. The van der Waals surface area contributed by atoms with Gasteiger partial charge in [-0.3, -0.25) is 9.59 Å². The number of ketones is 1. The Balaban J connectivity index is 1.75. The van der Waals surface area contributed by atoms with Crippen molar-refractivity contribution >= 4 is 17.4 Å². The molecule has 0 aromatic heterocycles. The predicted molar refractivity (Wildman–Crippen MR) is 120 cm³/mol. The van der Waals surface area contributed by atoms with Gasteiger partial charge in [0.2, 0.25) is 6.79 Å². The number of ether oxygens (including phenoxy) is 2. The van der Waals surface area contributed by atoms with Crippen molar-refractivity contribution in [1.82, 2.24) is 9.80 Å². The first-order valence-corrected chi connectivity index (χ1v) is 11.1. The monoisotopic (exact) mass is 454 g/mol. The molecule has 0 spiro atoms. The van der Waals surface area contributed by atoms with Gasteiger partial charge in [0.25, 0.3) is 11.7 Å². The van der Waals surface area contributed by atoms with Crippen molar-refractivity contribution < 1.29 is 28.6 Å². The number of carbonyl (C=O) groups excluding carboxylic acids is 2. The van der Waals surface area contributed by atoms with Gasteiger partial charge in [0.05, 0.1) is 11.6 Å². The van der Waals surface area contributed by atoms with Gasteiger partial charge in [-0.1, -0.05) is 32.0 Å². The lowest BCUT2D eigenvalue weighted by Gasteiger charge is -2.27. The number of amides is 1. The molecule has 0 radical (unpaired) electrons. The topological polar surface area (TPSA) is 79.3 Å². The molecule has 0 saturated carbocycles. The van der Waals surface area contributed by atoms with Crippen molar-refractivity contribution in [3.8, 4) is 11.5 Å². The highest BCUT2D eigenvalue weighted by Crippen LogP contribution is 2.42. The fraction of sp³-hybridized carbons (Fsp3) is 0.360. The molecule has 174 valence electrons. The van der Waals surface area contributed by atoms with Crippen molar-refractivity contribution in [2.45, 2.75) is 26.3 Å². The van der Waals surface area contributed by atoms with Crippen LogP contribution in [-0.2, 0) is 9.59 Å². The smallest absolute Gasteiger partial charge is 0.295 e. The fourth-order valence-electron chi connectivity index (χ4n) is 4.33. The van der Waals surface area contributed by atoms with Gasteiger partial charge >= 0.3 is 0 Å². The van der Waals surface area contributed by atoms with E-state index >= 15 is 0 Å². The lowest BCUT2D eigenvalue weighted by molar-refractivity contribution is -0.140. The summed E-state index contributed by atoms with van der Waals surface area (Å²) in [5, 5.41) is 11.1. The molecule has 8 heteroatoms. The number of rotatable bonds is 8. The molecule has 2 aromatic rings. The zero-order valence-corrected chi connectivity index (χ0v) is 18.7. The summed E-state index contributed by atoms with van der Waals surface area (Å²) < 4.78 is 25.5. The summed E-state index contributed by atoms with van der Waals surface area (Å²) in [6, 6.07) is 9.74. The van der Waals surface area contributed by atoms with Gasteiger partial charge in [-0.15, -0.1) is 0 Å². The molecule has 33 heavy (non-hydrogen) atoms. The molecule has 4 rings (SSSR count). The second-order valence-electron chi connectivity index (χ2n) is 7.96. The van der Waals surface area contributed by atoms with E-state index in [9.17, 15) is 19.1 Å². The fourth-order valence-corrected chi connectivity index (χ4v) is 4.33. The summed E-state index contributed by atoms with van der Waals surface area (Å²) in [7, 11) is 0. The maximum Gasteiger partial charge on any atom is 0.295 e. The molecular weight excluding hydrogens is 427 g/mol. The highest BCUT2D eigenvalue weighted by Gasteiger charge is 2.46. The molecular formula is C25H27FN2O5. The van der Waals surface area contributed by atoms with Gasteiger partial charge in [-0.25, -0.2) is 4.39 Å². The first-order valence-electron chi connectivity index (χ1n) is 11.1. The van der Waals surface area contributed by atoms with Crippen molar-refractivity contribution in [3.63, 3.8) is 0 Å². The second-order valence-corrected chi connectivity index (χ2v) is 7.96. The van der Waals surface area contributed by atoms with Crippen LogP contribution >= 0.6 is 0 Å². The highest BCUT2D eigenvalue weighted by atomic mass is 19.1. The molecule has 2 aliphatic rings. The maximum atomic E-state index is 14.8. The van der Waals surface area contributed by atoms with Gasteiger partial charge in [0.1, 0.15) is 11.6 Å². The van der Waals surface area contributed by atoms with Crippen LogP contribution in [0.3, 0.4) is 0 Å². The summed E-state index contributed by atoms with van der Waals surface area (Å²) in [6.07, 6.45) is 0.615. The molecule has 2 aliphatic heterocycles. The summed E-state index contributed by atoms with van der Waals surface area (Å²) >= 11 is 0.